The van der Waals surface area contributed by atoms with Crippen LogP contribution < -0.4 is 10.6 Å². The third-order valence-electron chi connectivity index (χ3n) is 1.95. The molecule has 0 fully saturated rings. The Labute approximate surface area is 90.8 Å². The molecule has 0 aliphatic carbocycles. The molecule has 76 valence electrons. The van der Waals surface area contributed by atoms with Crippen molar-refractivity contribution in [1.29, 1.82) is 0 Å². The zero-order valence-electron chi connectivity index (χ0n) is 7.88. The van der Waals surface area contributed by atoms with Gasteiger partial charge in [-0.25, -0.2) is 0 Å². The van der Waals surface area contributed by atoms with Crippen LogP contribution in [0.2, 0.25) is 0 Å². The van der Waals surface area contributed by atoms with Crippen molar-refractivity contribution in [3.8, 4) is 0 Å². The van der Waals surface area contributed by atoms with Crippen LogP contribution >= 0.6 is 11.8 Å². The highest BCUT2D eigenvalue weighted by Gasteiger charge is 2.04. The number of fused-ring (bicyclic) bond motifs is 1. The van der Waals surface area contributed by atoms with Crippen LogP contribution in [0.15, 0.2) is 40.4 Å². The molecule has 1 heterocycles. The normalized spacial score (nSPS) is 14.0. The fourth-order valence-corrected chi connectivity index (χ4v) is 2.05. The van der Waals surface area contributed by atoms with E-state index in [4.69, 9.17) is 5.11 Å². The monoisotopic (exact) mass is 219 g/mol. The Morgan fingerprint density at radius 2 is 2.20 bits per heavy atom. The molecular formula is C11H9NO2S. The number of nitrogens with zero attached hydrogens (tertiary/aromatic N) is 1. The molecule has 0 amide bonds. The molecule has 4 heteroatoms. The Balaban J connectivity index is 2.38. The molecule has 2 rings (SSSR count). The Morgan fingerprint density at radius 1 is 1.40 bits per heavy atom. The van der Waals surface area contributed by atoms with Crippen LogP contribution in [0.3, 0.4) is 0 Å². The molecule has 1 N–H and O–H groups in total. The van der Waals surface area contributed by atoms with E-state index < -0.39 is 5.97 Å². The summed E-state index contributed by atoms with van der Waals surface area (Å²) in [6.45, 7) is 0. The molecule has 1 aliphatic rings. The number of thioether (sulfide) groups is 1. The highest BCUT2D eigenvalue weighted by Crippen LogP contribution is 2.21. The number of carboxylic acids is 1. The van der Waals surface area contributed by atoms with Gasteiger partial charge in [-0.2, -0.15) is 0 Å². The minimum Gasteiger partial charge on any atom is -0.481 e. The highest BCUT2D eigenvalue weighted by atomic mass is 32.2. The van der Waals surface area contributed by atoms with Gasteiger partial charge in [0.15, 0.2) is 0 Å². The molecule has 0 spiro atoms. The first-order chi connectivity index (χ1) is 7.25. The number of benzene rings is 1. The molecule has 1 aromatic rings. The lowest BCUT2D eigenvalue weighted by atomic mass is 10.3. The van der Waals surface area contributed by atoms with Crippen LogP contribution in [0.5, 0.6) is 0 Å². The predicted molar refractivity (Wildman–Crippen MR) is 59.6 cm³/mol. The Bertz CT molecular complexity index is 534. The maximum atomic E-state index is 10.5. The quantitative estimate of drug-likeness (QED) is 0.810. The molecule has 15 heavy (non-hydrogen) atoms. The topological polar surface area (TPSA) is 49.7 Å². The summed E-state index contributed by atoms with van der Waals surface area (Å²) in [5.74, 6) is -0.830. The minimum absolute atomic E-state index is 0.0264. The first-order valence-corrected chi connectivity index (χ1v) is 5.34. The van der Waals surface area contributed by atoms with Gasteiger partial charge in [-0.15, -0.1) is 0 Å². The molecule has 1 aromatic carbocycles. The van der Waals surface area contributed by atoms with Crippen molar-refractivity contribution in [3.63, 3.8) is 0 Å². The number of rotatable bonds is 2. The number of carboxylic acid groups (broad SMARTS) is 1. The summed E-state index contributed by atoms with van der Waals surface area (Å²) in [5.41, 5.74) is 0. The van der Waals surface area contributed by atoms with E-state index in [1.54, 1.807) is 6.20 Å². The minimum atomic E-state index is -0.830. The van der Waals surface area contributed by atoms with Gasteiger partial charge in [0, 0.05) is 16.3 Å². The van der Waals surface area contributed by atoms with Gasteiger partial charge in [0.25, 0.3) is 0 Å². The zero-order valence-corrected chi connectivity index (χ0v) is 8.70. The average Bonchev–Trinajstić information content (AvgIpc) is 2.41. The molecule has 3 nitrogen and oxygen atoms in total. The van der Waals surface area contributed by atoms with Crippen molar-refractivity contribution >= 4 is 23.1 Å². The van der Waals surface area contributed by atoms with Gasteiger partial charge in [-0.05, 0) is 11.5 Å². The summed E-state index contributed by atoms with van der Waals surface area (Å²) in [5, 5.41) is 12.5. The van der Waals surface area contributed by atoms with Crippen LogP contribution in [0.4, 0.5) is 0 Å². The Hall–Kier alpha value is -1.55. The van der Waals surface area contributed by atoms with E-state index >= 15 is 0 Å². The van der Waals surface area contributed by atoms with Crippen molar-refractivity contribution in [2.45, 2.75) is 6.42 Å². The van der Waals surface area contributed by atoms with Gasteiger partial charge in [0.1, 0.15) is 0 Å². The lowest BCUT2D eigenvalue weighted by molar-refractivity contribution is -0.136. The second-order valence-electron chi connectivity index (χ2n) is 3.09. The maximum Gasteiger partial charge on any atom is 0.308 e. The van der Waals surface area contributed by atoms with Gasteiger partial charge >= 0.3 is 5.97 Å². The zero-order chi connectivity index (χ0) is 10.7. The second kappa shape index (κ2) is 4.31. The van der Waals surface area contributed by atoms with E-state index in [9.17, 15) is 4.79 Å². The molecule has 0 aromatic heterocycles. The molecule has 1 aliphatic heterocycles. The van der Waals surface area contributed by atoms with Gasteiger partial charge in [-0.3, -0.25) is 9.79 Å². The van der Waals surface area contributed by atoms with Crippen LogP contribution in [0.25, 0.3) is 5.41 Å². The lowest BCUT2D eigenvalue weighted by Crippen LogP contribution is -2.22. The van der Waals surface area contributed by atoms with Crippen molar-refractivity contribution in [3.05, 3.63) is 45.9 Å². The Kier molecular flexibility index (Phi) is 2.87. The van der Waals surface area contributed by atoms with E-state index in [0.717, 1.165) is 15.5 Å². The summed E-state index contributed by atoms with van der Waals surface area (Å²) < 4.78 is 0. The molecular weight excluding hydrogens is 210 g/mol. The molecule has 0 bridgehead atoms. The smallest absolute Gasteiger partial charge is 0.308 e. The van der Waals surface area contributed by atoms with E-state index in [2.05, 4.69) is 4.99 Å². The summed E-state index contributed by atoms with van der Waals surface area (Å²) in [7, 11) is 0. The molecule has 0 saturated heterocycles. The number of para-hydroxylation sites is 1. The molecule has 0 saturated carbocycles. The summed E-state index contributed by atoms with van der Waals surface area (Å²) in [6, 6.07) is 7.72. The molecule has 0 unspecified atom stereocenters. The number of aliphatic carboxylic acids is 1. The largest absolute Gasteiger partial charge is 0.481 e. The second-order valence-corrected chi connectivity index (χ2v) is 4.09. The van der Waals surface area contributed by atoms with Crippen LogP contribution in [-0.4, -0.2) is 11.1 Å². The van der Waals surface area contributed by atoms with Gasteiger partial charge in [0.05, 0.1) is 11.8 Å². The van der Waals surface area contributed by atoms with Crippen LogP contribution in [0.1, 0.15) is 6.42 Å². The first-order valence-electron chi connectivity index (χ1n) is 4.46. The third kappa shape index (κ3) is 2.47. The standard InChI is InChI=1S/C11H9NO2S/c13-11(14)5-9-6-12-10-4-2-1-3-8(10)7-15-9/h1-4,6-7H,5H2,(H,13,14). The van der Waals surface area contributed by atoms with Crippen molar-refractivity contribution < 1.29 is 9.90 Å². The predicted octanol–water partition coefficient (Wildman–Crippen LogP) is 1.11. The number of hydrogen-bond donors (Lipinski definition) is 1. The van der Waals surface area contributed by atoms with Gasteiger partial charge in [0.2, 0.25) is 0 Å². The summed E-state index contributed by atoms with van der Waals surface area (Å²) in [6.07, 6.45) is 1.65. The summed E-state index contributed by atoms with van der Waals surface area (Å²) in [4.78, 5) is 15.5. The fourth-order valence-electron chi connectivity index (χ4n) is 1.25. The number of carbonyl (C=O) groups is 1. The SMILES string of the molecule is O=C(O)CC1=CN=c2ccccc2=CS1. The van der Waals surface area contributed by atoms with Crippen LogP contribution in [-0.2, 0) is 4.79 Å². The molecule has 0 atom stereocenters. The number of hydrogen-bond acceptors (Lipinski definition) is 3. The Morgan fingerprint density at radius 3 is 3.00 bits per heavy atom. The fraction of sp³-hybridized carbons (Fsp3) is 0.0909. The van der Waals surface area contributed by atoms with Crippen LogP contribution in [0, 0.1) is 0 Å². The van der Waals surface area contributed by atoms with Crippen molar-refractivity contribution in [2.75, 3.05) is 0 Å². The van der Waals surface area contributed by atoms with E-state index in [1.165, 1.54) is 11.8 Å². The van der Waals surface area contributed by atoms with Crippen molar-refractivity contribution in [1.82, 2.24) is 0 Å². The van der Waals surface area contributed by atoms with E-state index in [-0.39, 0.29) is 6.42 Å². The third-order valence-corrected chi connectivity index (χ3v) is 2.87. The van der Waals surface area contributed by atoms with E-state index in [0.29, 0.717) is 0 Å². The lowest BCUT2D eigenvalue weighted by Gasteiger charge is -1.95. The first kappa shape index (κ1) is 9.98. The van der Waals surface area contributed by atoms with Crippen molar-refractivity contribution in [2.24, 2.45) is 4.99 Å². The van der Waals surface area contributed by atoms with Gasteiger partial charge in [-0.1, -0.05) is 30.0 Å². The summed E-state index contributed by atoms with van der Waals surface area (Å²) >= 11 is 1.42. The van der Waals surface area contributed by atoms with Gasteiger partial charge < -0.3 is 5.11 Å². The highest BCUT2D eigenvalue weighted by molar-refractivity contribution is 8.10. The maximum absolute atomic E-state index is 10.5. The average molecular weight is 219 g/mol. The molecule has 0 radical (unpaired) electrons. The van der Waals surface area contributed by atoms with E-state index in [1.807, 2.05) is 29.7 Å².